The van der Waals surface area contributed by atoms with Gasteiger partial charge < -0.3 is 19.6 Å². The number of carbonyl (C=O) groups is 1. The highest BCUT2D eigenvalue weighted by Gasteiger charge is 2.33. The number of nitrogens with zero attached hydrogens (tertiary/aromatic N) is 3. The molecule has 3 aliphatic rings. The Morgan fingerprint density at radius 1 is 1.07 bits per heavy atom. The van der Waals surface area contributed by atoms with Crippen molar-refractivity contribution in [1.82, 2.24) is 14.7 Å². The summed E-state index contributed by atoms with van der Waals surface area (Å²) in [4.78, 5) is 19.6. The number of carbonyl (C=O) groups excluding carboxylic acids is 1. The van der Waals surface area contributed by atoms with E-state index in [1.807, 2.05) is 4.90 Å². The van der Waals surface area contributed by atoms with Crippen LogP contribution in [0.15, 0.2) is 18.2 Å². The fourth-order valence-corrected chi connectivity index (χ4v) is 5.44. The highest BCUT2D eigenvalue weighted by atomic mass is 16.5. The van der Waals surface area contributed by atoms with E-state index in [-0.39, 0.29) is 12.6 Å². The Balaban J connectivity index is 1.37. The highest BCUT2D eigenvalue weighted by Crippen LogP contribution is 2.29. The van der Waals surface area contributed by atoms with Crippen molar-refractivity contribution in [3.8, 4) is 0 Å². The van der Waals surface area contributed by atoms with Gasteiger partial charge in [-0.2, -0.15) is 0 Å². The van der Waals surface area contributed by atoms with Gasteiger partial charge in [-0.15, -0.1) is 0 Å². The SMILES string of the molecule is CCCN(C1CCN(C(=O)N2CCOCC2)CC1)C1CCc2ccc(CO)cc2C1. The Morgan fingerprint density at radius 3 is 2.50 bits per heavy atom. The Labute approximate surface area is 180 Å². The van der Waals surface area contributed by atoms with Gasteiger partial charge in [0.25, 0.3) is 0 Å². The number of fused-ring (bicyclic) bond motifs is 1. The maximum absolute atomic E-state index is 12.8. The van der Waals surface area contributed by atoms with Crippen LogP contribution in [0.1, 0.15) is 49.3 Å². The molecule has 166 valence electrons. The minimum atomic E-state index is 0.117. The Hall–Kier alpha value is -1.63. The number of likely N-dealkylation sites (tertiary alicyclic amines) is 1. The molecular weight excluding hydrogens is 378 g/mol. The van der Waals surface area contributed by atoms with E-state index in [2.05, 4.69) is 34.9 Å². The monoisotopic (exact) mass is 415 g/mol. The van der Waals surface area contributed by atoms with Gasteiger partial charge in [-0.3, -0.25) is 4.90 Å². The average Bonchev–Trinajstić information content (AvgIpc) is 2.82. The zero-order valence-corrected chi connectivity index (χ0v) is 18.4. The normalized spacial score (nSPS) is 23.0. The van der Waals surface area contributed by atoms with E-state index in [0.29, 0.717) is 25.3 Å². The van der Waals surface area contributed by atoms with Crippen molar-refractivity contribution in [2.24, 2.45) is 0 Å². The van der Waals surface area contributed by atoms with Crippen LogP contribution in [0.4, 0.5) is 4.79 Å². The molecule has 0 saturated carbocycles. The minimum Gasteiger partial charge on any atom is -0.392 e. The molecule has 1 N–H and O–H groups in total. The summed E-state index contributed by atoms with van der Waals surface area (Å²) in [6.07, 6.45) is 6.70. The quantitative estimate of drug-likeness (QED) is 0.803. The van der Waals surface area contributed by atoms with Gasteiger partial charge in [0.2, 0.25) is 0 Å². The van der Waals surface area contributed by atoms with Crippen LogP contribution in [0, 0.1) is 0 Å². The molecule has 2 aliphatic heterocycles. The summed E-state index contributed by atoms with van der Waals surface area (Å²) in [5, 5.41) is 9.51. The number of urea groups is 1. The van der Waals surface area contributed by atoms with Gasteiger partial charge in [0, 0.05) is 38.3 Å². The van der Waals surface area contributed by atoms with Crippen molar-refractivity contribution >= 4 is 6.03 Å². The van der Waals surface area contributed by atoms with E-state index < -0.39 is 0 Å². The maximum Gasteiger partial charge on any atom is 0.320 e. The minimum absolute atomic E-state index is 0.117. The largest absolute Gasteiger partial charge is 0.392 e. The lowest BCUT2D eigenvalue weighted by atomic mass is 9.85. The van der Waals surface area contributed by atoms with Crippen molar-refractivity contribution < 1.29 is 14.6 Å². The summed E-state index contributed by atoms with van der Waals surface area (Å²) in [6.45, 7) is 7.99. The summed E-state index contributed by atoms with van der Waals surface area (Å²) in [6, 6.07) is 7.79. The molecule has 0 radical (unpaired) electrons. The molecule has 30 heavy (non-hydrogen) atoms. The van der Waals surface area contributed by atoms with Gasteiger partial charge in [-0.25, -0.2) is 4.79 Å². The van der Waals surface area contributed by atoms with Crippen LogP contribution in [0.2, 0.25) is 0 Å². The first-order valence-electron chi connectivity index (χ1n) is 11.8. The van der Waals surface area contributed by atoms with Crippen molar-refractivity contribution in [3.05, 3.63) is 34.9 Å². The number of aliphatic hydroxyl groups excluding tert-OH is 1. The molecule has 6 heteroatoms. The first-order valence-corrected chi connectivity index (χ1v) is 11.8. The van der Waals surface area contributed by atoms with E-state index >= 15 is 0 Å². The molecule has 1 aliphatic carbocycles. The van der Waals surface area contributed by atoms with Gasteiger partial charge in [-0.1, -0.05) is 25.1 Å². The zero-order chi connectivity index (χ0) is 20.9. The molecule has 2 heterocycles. The van der Waals surface area contributed by atoms with E-state index in [0.717, 1.165) is 70.4 Å². The summed E-state index contributed by atoms with van der Waals surface area (Å²) in [5.41, 5.74) is 3.89. The number of benzene rings is 1. The number of ether oxygens (including phenoxy) is 1. The van der Waals surface area contributed by atoms with Crippen molar-refractivity contribution in [3.63, 3.8) is 0 Å². The van der Waals surface area contributed by atoms with Crippen LogP contribution in [0.25, 0.3) is 0 Å². The first-order chi connectivity index (χ1) is 14.7. The predicted octanol–water partition coefficient (Wildman–Crippen LogP) is 2.66. The second-order valence-corrected chi connectivity index (χ2v) is 9.00. The number of piperidine rings is 1. The van der Waals surface area contributed by atoms with E-state index in [1.54, 1.807) is 0 Å². The average molecular weight is 416 g/mol. The Morgan fingerprint density at radius 2 is 1.80 bits per heavy atom. The summed E-state index contributed by atoms with van der Waals surface area (Å²) in [7, 11) is 0. The third-order valence-corrected chi connectivity index (χ3v) is 7.09. The molecule has 0 bridgehead atoms. The molecule has 2 amide bonds. The molecule has 6 nitrogen and oxygen atoms in total. The lowest BCUT2D eigenvalue weighted by Gasteiger charge is -2.44. The standard InChI is InChI=1S/C24H37N3O3/c1-2-9-27(23-6-5-20-4-3-19(18-28)16-21(20)17-23)22-7-10-25(11-8-22)24(29)26-12-14-30-15-13-26/h3-4,16,22-23,28H,2,5-15,17-18H2,1H3. The molecule has 2 fully saturated rings. The summed E-state index contributed by atoms with van der Waals surface area (Å²) >= 11 is 0. The third-order valence-electron chi connectivity index (χ3n) is 7.09. The molecule has 1 aromatic rings. The van der Waals surface area contributed by atoms with E-state index in [1.165, 1.54) is 17.5 Å². The van der Waals surface area contributed by atoms with Crippen molar-refractivity contribution in [2.45, 2.75) is 64.1 Å². The number of hydrogen-bond acceptors (Lipinski definition) is 4. The molecule has 1 aromatic carbocycles. The number of amides is 2. The van der Waals surface area contributed by atoms with Gasteiger partial charge in [-0.05, 0) is 61.8 Å². The lowest BCUT2D eigenvalue weighted by molar-refractivity contribution is 0.0330. The van der Waals surface area contributed by atoms with Crippen molar-refractivity contribution in [1.29, 1.82) is 0 Å². The number of hydrogen-bond donors (Lipinski definition) is 1. The van der Waals surface area contributed by atoms with E-state index in [4.69, 9.17) is 4.74 Å². The molecule has 0 aromatic heterocycles. The molecule has 0 spiro atoms. The first kappa shape index (κ1) is 21.6. The van der Waals surface area contributed by atoms with Crippen LogP contribution in [-0.4, -0.2) is 83.9 Å². The third kappa shape index (κ3) is 4.82. The maximum atomic E-state index is 12.8. The fourth-order valence-electron chi connectivity index (χ4n) is 5.44. The van der Waals surface area contributed by atoms with Crippen LogP contribution < -0.4 is 0 Å². The second-order valence-electron chi connectivity index (χ2n) is 9.00. The van der Waals surface area contributed by atoms with Crippen molar-refractivity contribution in [2.75, 3.05) is 45.9 Å². The molecule has 2 saturated heterocycles. The number of aliphatic hydroxyl groups is 1. The summed E-state index contributed by atoms with van der Waals surface area (Å²) < 4.78 is 5.39. The molecular formula is C24H37N3O3. The number of rotatable bonds is 5. The number of aryl methyl sites for hydroxylation is 1. The second kappa shape index (κ2) is 10.1. The molecule has 4 rings (SSSR count). The van der Waals surface area contributed by atoms with Gasteiger partial charge in [0.15, 0.2) is 0 Å². The van der Waals surface area contributed by atoms with Crippen LogP contribution >= 0.6 is 0 Å². The number of morpholine rings is 1. The van der Waals surface area contributed by atoms with Gasteiger partial charge in [0.1, 0.15) is 0 Å². The van der Waals surface area contributed by atoms with E-state index in [9.17, 15) is 9.90 Å². The van der Waals surface area contributed by atoms with Crippen LogP contribution in [0.5, 0.6) is 0 Å². The predicted molar refractivity (Wildman–Crippen MR) is 118 cm³/mol. The Kier molecular flexibility index (Phi) is 7.28. The highest BCUT2D eigenvalue weighted by molar-refractivity contribution is 5.74. The summed E-state index contributed by atoms with van der Waals surface area (Å²) in [5.74, 6) is 0. The molecule has 1 atom stereocenters. The molecule has 1 unspecified atom stereocenters. The Bertz CT molecular complexity index is 712. The lowest BCUT2D eigenvalue weighted by Crippen LogP contribution is -2.54. The topological polar surface area (TPSA) is 56.2 Å². The van der Waals surface area contributed by atoms with Crippen LogP contribution in [-0.2, 0) is 24.2 Å². The smallest absolute Gasteiger partial charge is 0.320 e. The van der Waals surface area contributed by atoms with Gasteiger partial charge in [0.05, 0.1) is 19.8 Å². The fraction of sp³-hybridized carbons (Fsp3) is 0.708. The van der Waals surface area contributed by atoms with Crippen LogP contribution in [0.3, 0.4) is 0 Å². The van der Waals surface area contributed by atoms with Gasteiger partial charge >= 0.3 is 6.03 Å². The zero-order valence-electron chi connectivity index (χ0n) is 18.4.